The molecule has 15 heavy (non-hydrogen) atoms. The number of rotatable bonds is 7. The van der Waals surface area contributed by atoms with Crippen LogP contribution in [0.2, 0.25) is 0 Å². The van der Waals surface area contributed by atoms with E-state index in [1.807, 2.05) is 0 Å². The molecule has 0 aliphatic heterocycles. The van der Waals surface area contributed by atoms with Crippen molar-refractivity contribution in [2.75, 3.05) is 26.2 Å². The van der Waals surface area contributed by atoms with E-state index in [1.165, 1.54) is 51.9 Å². The molecule has 0 spiro atoms. The van der Waals surface area contributed by atoms with Crippen LogP contribution in [0.25, 0.3) is 0 Å². The molecule has 0 aromatic carbocycles. The van der Waals surface area contributed by atoms with Gasteiger partial charge in [-0.1, -0.05) is 33.6 Å². The first kappa shape index (κ1) is 13.0. The molecule has 1 fully saturated rings. The lowest BCUT2D eigenvalue weighted by Gasteiger charge is -2.23. The van der Waals surface area contributed by atoms with Gasteiger partial charge in [-0.25, -0.2) is 0 Å². The van der Waals surface area contributed by atoms with Gasteiger partial charge in [-0.05, 0) is 31.8 Å². The minimum Gasteiger partial charge on any atom is -0.312 e. The summed E-state index contributed by atoms with van der Waals surface area (Å²) in [5.74, 6) is 0.946. The minimum atomic E-state index is 0.811. The van der Waals surface area contributed by atoms with Crippen LogP contribution in [-0.4, -0.2) is 37.1 Å². The largest absolute Gasteiger partial charge is 0.312 e. The fraction of sp³-hybridized carbons (Fsp3) is 1.00. The lowest BCUT2D eigenvalue weighted by molar-refractivity contribution is 0.286. The molecule has 2 nitrogen and oxygen atoms in total. The predicted molar refractivity (Wildman–Crippen MR) is 67.2 cm³/mol. The van der Waals surface area contributed by atoms with Crippen LogP contribution in [0.3, 0.4) is 0 Å². The Bertz CT molecular complexity index is 155. The number of nitrogens with one attached hydrogen (secondary N) is 1. The van der Waals surface area contributed by atoms with E-state index in [1.54, 1.807) is 0 Å². The van der Waals surface area contributed by atoms with Gasteiger partial charge in [0, 0.05) is 19.1 Å². The first-order valence-corrected chi connectivity index (χ1v) is 6.77. The number of nitrogens with zero attached hydrogens (tertiary/aromatic N) is 1. The van der Waals surface area contributed by atoms with Crippen molar-refractivity contribution in [1.29, 1.82) is 0 Å². The molecule has 2 atom stereocenters. The van der Waals surface area contributed by atoms with Crippen molar-refractivity contribution in [2.45, 2.75) is 52.5 Å². The minimum absolute atomic E-state index is 0.811. The highest BCUT2D eigenvalue weighted by atomic mass is 15.1. The quantitative estimate of drug-likeness (QED) is 0.697. The highest BCUT2D eigenvalue weighted by Gasteiger charge is 2.24. The SMILES string of the molecule is CCC1CCCC1NCCN(CC)CC. The first-order valence-electron chi connectivity index (χ1n) is 6.77. The maximum atomic E-state index is 3.74. The van der Waals surface area contributed by atoms with Crippen molar-refractivity contribution in [1.82, 2.24) is 10.2 Å². The average molecular weight is 212 g/mol. The highest BCUT2D eigenvalue weighted by molar-refractivity contribution is 4.82. The third-order valence-corrected chi connectivity index (χ3v) is 3.91. The van der Waals surface area contributed by atoms with Gasteiger partial charge in [-0.2, -0.15) is 0 Å². The van der Waals surface area contributed by atoms with E-state index in [9.17, 15) is 0 Å². The van der Waals surface area contributed by atoms with Crippen molar-refractivity contribution in [2.24, 2.45) is 5.92 Å². The molecule has 0 radical (unpaired) electrons. The van der Waals surface area contributed by atoms with Gasteiger partial charge in [0.2, 0.25) is 0 Å². The van der Waals surface area contributed by atoms with Crippen molar-refractivity contribution < 1.29 is 0 Å². The fourth-order valence-electron chi connectivity index (χ4n) is 2.74. The van der Waals surface area contributed by atoms with Crippen LogP contribution in [0.4, 0.5) is 0 Å². The third kappa shape index (κ3) is 4.12. The predicted octanol–water partition coefficient (Wildman–Crippen LogP) is 2.50. The van der Waals surface area contributed by atoms with Gasteiger partial charge >= 0.3 is 0 Å². The second-order valence-corrected chi connectivity index (χ2v) is 4.69. The smallest absolute Gasteiger partial charge is 0.0107 e. The molecule has 1 rings (SSSR count). The van der Waals surface area contributed by atoms with E-state index in [-0.39, 0.29) is 0 Å². The molecule has 2 unspecified atom stereocenters. The standard InChI is InChI=1S/C13H28N2/c1-4-12-8-7-9-13(12)14-10-11-15(5-2)6-3/h12-14H,4-11H2,1-3H3. The summed E-state index contributed by atoms with van der Waals surface area (Å²) < 4.78 is 0. The van der Waals surface area contributed by atoms with Gasteiger partial charge in [-0.3, -0.25) is 0 Å². The summed E-state index contributed by atoms with van der Waals surface area (Å²) in [5, 5.41) is 3.74. The lowest BCUT2D eigenvalue weighted by Crippen LogP contribution is -2.38. The molecule has 0 amide bonds. The Morgan fingerprint density at radius 3 is 2.47 bits per heavy atom. The van der Waals surface area contributed by atoms with Gasteiger partial charge < -0.3 is 10.2 Å². The zero-order valence-electron chi connectivity index (χ0n) is 10.8. The molecule has 1 saturated carbocycles. The summed E-state index contributed by atoms with van der Waals surface area (Å²) >= 11 is 0. The Balaban J connectivity index is 2.13. The lowest BCUT2D eigenvalue weighted by atomic mass is 10.0. The Labute approximate surface area is 95.4 Å². The molecule has 2 heteroatoms. The molecule has 0 aromatic heterocycles. The zero-order chi connectivity index (χ0) is 11.1. The van der Waals surface area contributed by atoms with E-state index in [4.69, 9.17) is 0 Å². The molecule has 1 aliphatic rings. The summed E-state index contributed by atoms with van der Waals surface area (Å²) in [4.78, 5) is 2.49. The Hall–Kier alpha value is -0.0800. The van der Waals surface area contributed by atoms with Crippen molar-refractivity contribution >= 4 is 0 Å². The Morgan fingerprint density at radius 2 is 1.87 bits per heavy atom. The molecule has 0 saturated heterocycles. The summed E-state index contributed by atoms with van der Waals surface area (Å²) in [6.45, 7) is 11.6. The van der Waals surface area contributed by atoms with Crippen molar-refractivity contribution in [3.05, 3.63) is 0 Å². The second-order valence-electron chi connectivity index (χ2n) is 4.69. The first-order chi connectivity index (χ1) is 7.31. The van der Waals surface area contributed by atoms with E-state index in [0.717, 1.165) is 12.0 Å². The van der Waals surface area contributed by atoms with E-state index < -0.39 is 0 Å². The van der Waals surface area contributed by atoms with Crippen LogP contribution in [0.15, 0.2) is 0 Å². The third-order valence-electron chi connectivity index (χ3n) is 3.91. The van der Waals surface area contributed by atoms with Gasteiger partial charge in [0.25, 0.3) is 0 Å². The second kappa shape index (κ2) is 7.24. The van der Waals surface area contributed by atoms with Gasteiger partial charge in [-0.15, -0.1) is 0 Å². The van der Waals surface area contributed by atoms with Crippen LogP contribution in [0.1, 0.15) is 46.5 Å². The maximum absolute atomic E-state index is 3.74. The monoisotopic (exact) mass is 212 g/mol. The van der Waals surface area contributed by atoms with Gasteiger partial charge in [0.1, 0.15) is 0 Å². The maximum Gasteiger partial charge on any atom is 0.0107 e. The molecule has 1 N–H and O–H groups in total. The van der Waals surface area contributed by atoms with Crippen molar-refractivity contribution in [3.8, 4) is 0 Å². The van der Waals surface area contributed by atoms with Crippen LogP contribution >= 0.6 is 0 Å². The van der Waals surface area contributed by atoms with Crippen LogP contribution in [-0.2, 0) is 0 Å². The topological polar surface area (TPSA) is 15.3 Å². The number of hydrogen-bond donors (Lipinski definition) is 1. The summed E-state index contributed by atoms with van der Waals surface area (Å²) in [6, 6.07) is 0.811. The van der Waals surface area contributed by atoms with Gasteiger partial charge in [0.05, 0.1) is 0 Å². The molecule has 0 heterocycles. The molecule has 90 valence electrons. The normalized spacial score (nSPS) is 26.4. The Morgan fingerprint density at radius 1 is 1.13 bits per heavy atom. The summed E-state index contributed by atoms with van der Waals surface area (Å²) in [5.41, 5.74) is 0. The highest BCUT2D eigenvalue weighted by Crippen LogP contribution is 2.27. The van der Waals surface area contributed by atoms with E-state index >= 15 is 0 Å². The van der Waals surface area contributed by atoms with Gasteiger partial charge in [0.15, 0.2) is 0 Å². The molecule has 0 aromatic rings. The van der Waals surface area contributed by atoms with Crippen molar-refractivity contribution in [3.63, 3.8) is 0 Å². The summed E-state index contributed by atoms with van der Waals surface area (Å²) in [6.07, 6.45) is 5.63. The van der Waals surface area contributed by atoms with Crippen LogP contribution in [0, 0.1) is 5.92 Å². The average Bonchev–Trinajstić information content (AvgIpc) is 2.72. The fourth-order valence-corrected chi connectivity index (χ4v) is 2.74. The Kier molecular flexibility index (Phi) is 6.26. The zero-order valence-corrected chi connectivity index (χ0v) is 10.8. The van der Waals surface area contributed by atoms with Crippen LogP contribution < -0.4 is 5.32 Å². The molecule has 0 bridgehead atoms. The number of likely N-dealkylation sites (N-methyl/N-ethyl adjacent to an activating group) is 1. The van der Waals surface area contributed by atoms with E-state index in [2.05, 4.69) is 31.0 Å². The number of hydrogen-bond acceptors (Lipinski definition) is 2. The molecule has 1 aliphatic carbocycles. The molecular weight excluding hydrogens is 184 g/mol. The van der Waals surface area contributed by atoms with E-state index in [0.29, 0.717) is 0 Å². The summed E-state index contributed by atoms with van der Waals surface area (Å²) in [7, 11) is 0. The molecular formula is C13H28N2. The van der Waals surface area contributed by atoms with Crippen LogP contribution in [0.5, 0.6) is 0 Å².